The van der Waals surface area contributed by atoms with Crippen molar-refractivity contribution in [3.63, 3.8) is 0 Å². The Morgan fingerprint density at radius 2 is 2.21 bits per heavy atom. The first-order valence-corrected chi connectivity index (χ1v) is 7.25. The van der Waals surface area contributed by atoms with Gasteiger partial charge in [-0.3, -0.25) is 0 Å². The maximum Gasteiger partial charge on any atom is 0.376 e. The van der Waals surface area contributed by atoms with Crippen LogP contribution in [0, 0.1) is 11.8 Å². The first-order chi connectivity index (χ1) is 9.10. The van der Waals surface area contributed by atoms with Gasteiger partial charge in [-0.15, -0.1) is 0 Å². The number of aromatic nitrogens is 1. The van der Waals surface area contributed by atoms with Crippen molar-refractivity contribution in [2.45, 2.75) is 52.9 Å². The lowest BCUT2D eigenvalue weighted by Gasteiger charge is -2.23. The third-order valence-corrected chi connectivity index (χ3v) is 3.49. The monoisotopic (exact) mass is 265 g/mol. The minimum Gasteiger partial charge on any atom is -0.460 e. The zero-order chi connectivity index (χ0) is 13.8. The minimum atomic E-state index is -0.384. The third-order valence-electron chi connectivity index (χ3n) is 3.49. The molecule has 2 rings (SSSR count). The summed E-state index contributed by atoms with van der Waals surface area (Å²) < 4.78 is 10.7. The van der Waals surface area contributed by atoms with E-state index in [-0.39, 0.29) is 5.97 Å². The van der Waals surface area contributed by atoms with E-state index in [1.807, 2.05) is 0 Å². The molecule has 0 amide bonds. The Hall–Kier alpha value is -1.32. The normalized spacial score (nSPS) is 15.6. The SMILES string of the molecule is CCOC(=O)c1oc(CC2CCC2)nc1CC(C)C. The van der Waals surface area contributed by atoms with Crippen molar-refractivity contribution in [2.24, 2.45) is 11.8 Å². The smallest absolute Gasteiger partial charge is 0.376 e. The molecule has 0 aromatic carbocycles. The van der Waals surface area contributed by atoms with E-state index in [1.165, 1.54) is 19.3 Å². The Labute approximate surface area is 114 Å². The molecule has 1 aliphatic rings. The summed E-state index contributed by atoms with van der Waals surface area (Å²) in [6, 6.07) is 0. The predicted octanol–water partition coefficient (Wildman–Crippen LogP) is 3.39. The van der Waals surface area contributed by atoms with Gasteiger partial charge in [0.25, 0.3) is 0 Å². The number of ether oxygens (including phenoxy) is 1. The van der Waals surface area contributed by atoms with Gasteiger partial charge in [-0.25, -0.2) is 9.78 Å². The summed E-state index contributed by atoms with van der Waals surface area (Å²) in [7, 11) is 0. The van der Waals surface area contributed by atoms with E-state index in [2.05, 4.69) is 18.8 Å². The van der Waals surface area contributed by atoms with Gasteiger partial charge in [-0.1, -0.05) is 20.3 Å². The van der Waals surface area contributed by atoms with Gasteiger partial charge in [-0.05, 0) is 38.0 Å². The van der Waals surface area contributed by atoms with Gasteiger partial charge in [-0.2, -0.15) is 0 Å². The lowest BCUT2D eigenvalue weighted by molar-refractivity contribution is 0.0485. The molecule has 0 N–H and O–H groups in total. The van der Waals surface area contributed by atoms with Crippen molar-refractivity contribution in [3.8, 4) is 0 Å². The zero-order valence-electron chi connectivity index (χ0n) is 12.1. The molecule has 106 valence electrons. The Kier molecular flexibility index (Phi) is 4.61. The largest absolute Gasteiger partial charge is 0.460 e. The first-order valence-electron chi connectivity index (χ1n) is 7.25. The van der Waals surface area contributed by atoms with Gasteiger partial charge in [0.1, 0.15) is 0 Å². The molecule has 19 heavy (non-hydrogen) atoms. The molecule has 1 aromatic heterocycles. The lowest BCUT2D eigenvalue weighted by atomic mass is 9.83. The number of hydrogen-bond acceptors (Lipinski definition) is 4. The van der Waals surface area contributed by atoms with Crippen LogP contribution >= 0.6 is 0 Å². The number of oxazole rings is 1. The number of esters is 1. The van der Waals surface area contributed by atoms with E-state index >= 15 is 0 Å². The predicted molar refractivity (Wildman–Crippen MR) is 72.0 cm³/mol. The van der Waals surface area contributed by atoms with Crippen molar-refractivity contribution < 1.29 is 13.9 Å². The highest BCUT2D eigenvalue weighted by atomic mass is 16.5. The van der Waals surface area contributed by atoms with Crippen LogP contribution in [0.4, 0.5) is 0 Å². The lowest BCUT2D eigenvalue weighted by Crippen LogP contribution is -2.13. The van der Waals surface area contributed by atoms with Gasteiger partial charge in [0.15, 0.2) is 5.89 Å². The molecule has 1 heterocycles. The Bertz CT molecular complexity index is 433. The van der Waals surface area contributed by atoms with Crippen molar-refractivity contribution in [1.82, 2.24) is 4.98 Å². The van der Waals surface area contributed by atoms with Crippen LogP contribution in [-0.4, -0.2) is 17.6 Å². The highest BCUT2D eigenvalue weighted by Gasteiger charge is 2.25. The van der Waals surface area contributed by atoms with E-state index < -0.39 is 0 Å². The van der Waals surface area contributed by atoms with E-state index in [9.17, 15) is 4.79 Å². The number of carbonyl (C=O) groups is 1. The quantitative estimate of drug-likeness (QED) is 0.740. The first kappa shape index (κ1) is 14.1. The van der Waals surface area contributed by atoms with Crippen molar-refractivity contribution in [3.05, 3.63) is 17.3 Å². The number of nitrogens with zero attached hydrogens (tertiary/aromatic N) is 1. The summed E-state index contributed by atoms with van der Waals surface area (Å²) in [5, 5.41) is 0. The zero-order valence-corrected chi connectivity index (χ0v) is 12.1. The summed E-state index contributed by atoms with van der Waals surface area (Å²) in [6.45, 7) is 6.37. The fourth-order valence-electron chi connectivity index (χ4n) is 2.31. The molecular formula is C15H23NO3. The van der Waals surface area contributed by atoms with E-state index in [0.717, 1.165) is 18.5 Å². The molecule has 1 fully saturated rings. The molecule has 1 aromatic rings. The number of hydrogen-bond donors (Lipinski definition) is 0. The highest BCUT2D eigenvalue weighted by Crippen LogP contribution is 2.30. The minimum absolute atomic E-state index is 0.310. The summed E-state index contributed by atoms with van der Waals surface area (Å²) in [5.41, 5.74) is 0.753. The molecule has 0 atom stereocenters. The molecule has 4 heteroatoms. The Balaban J connectivity index is 2.14. The maximum absolute atomic E-state index is 11.9. The molecule has 0 aliphatic heterocycles. The van der Waals surface area contributed by atoms with E-state index in [1.54, 1.807) is 6.92 Å². The molecular weight excluding hydrogens is 242 g/mol. The Morgan fingerprint density at radius 3 is 2.74 bits per heavy atom. The van der Waals surface area contributed by atoms with Gasteiger partial charge < -0.3 is 9.15 Å². The second-order valence-corrected chi connectivity index (χ2v) is 5.70. The van der Waals surface area contributed by atoms with Crippen LogP contribution in [-0.2, 0) is 17.6 Å². The summed E-state index contributed by atoms with van der Waals surface area (Å²) in [6.07, 6.45) is 5.40. The van der Waals surface area contributed by atoms with Crippen LogP contribution < -0.4 is 0 Å². The van der Waals surface area contributed by atoms with Gasteiger partial charge in [0, 0.05) is 6.42 Å². The fourth-order valence-corrected chi connectivity index (χ4v) is 2.31. The van der Waals surface area contributed by atoms with Crippen LogP contribution in [0.5, 0.6) is 0 Å². The standard InChI is InChI=1S/C15H23NO3/c1-4-18-15(17)14-12(8-10(2)3)16-13(19-14)9-11-6-5-7-11/h10-11H,4-9H2,1-3H3. The second kappa shape index (κ2) is 6.22. The third kappa shape index (κ3) is 3.58. The van der Waals surface area contributed by atoms with Crippen molar-refractivity contribution in [1.29, 1.82) is 0 Å². The Morgan fingerprint density at radius 1 is 1.47 bits per heavy atom. The van der Waals surface area contributed by atoms with Crippen LogP contribution in [0.2, 0.25) is 0 Å². The van der Waals surface area contributed by atoms with E-state index in [4.69, 9.17) is 9.15 Å². The van der Waals surface area contributed by atoms with Crippen LogP contribution in [0.25, 0.3) is 0 Å². The molecule has 0 unspecified atom stereocenters. The van der Waals surface area contributed by atoms with Gasteiger partial charge >= 0.3 is 5.97 Å². The van der Waals surface area contributed by atoms with Crippen LogP contribution in [0.15, 0.2) is 4.42 Å². The average Bonchev–Trinajstić information content (AvgIpc) is 2.66. The fraction of sp³-hybridized carbons (Fsp3) is 0.733. The summed E-state index contributed by atoms with van der Waals surface area (Å²) in [4.78, 5) is 16.4. The second-order valence-electron chi connectivity index (χ2n) is 5.70. The van der Waals surface area contributed by atoms with Gasteiger partial charge in [0.2, 0.25) is 5.76 Å². The highest BCUT2D eigenvalue weighted by molar-refractivity contribution is 5.87. The van der Waals surface area contributed by atoms with Gasteiger partial charge in [0.05, 0.1) is 12.3 Å². The molecule has 1 aliphatic carbocycles. The van der Waals surface area contributed by atoms with E-state index in [0.29, 0.717) is 30.1 Å². The van der Waals surface area contributed by atoms with Crippen LogP contribution in [0.3, 0.4) is 0 Å². The molecule has 0 saturated heterocycles. The molecule has 0 radical (unpaired) electrons. The topological polar surface area (TPSA) is 52.3 Å². The van der Waals surface area contributed by atoms with Crippen molar-refractivity contribution >= 4 is 5.97 Å². The molecule has 1 saturated carbocycles. The number of carbonyl (C=O) groups excluding carboxylic acids is 1. The average molecular weight is 265 g/mol. The summed E-state index contributed by atoms with van der Waals surface area (Å²) >= 11 is 0. The molecule has 0 spiro atoms. The molecule has 0 bridgehead atoms. The van der Waals surface area contributed by atoms with Crippen LogP contribution in [0.1, 0.15) is 62.2 Å². The maximum atomic E-state index is 11.9. The molecule has 4 nitrogen and oxygen atoms in total. The summed E-state index contributed by atoms with van der Waals surface area (Å²) in [5.74, 6) is 1.74. The number of rotatable bonds is 6. The van der Waals surface area contributed by atoms with Crippen molar-refractivity contribution in [2.75, 3.05) is 6.61 Å².